The Labute approximate surface area is 107 Å². The standard InChI is InChI=1S/C10H12N6O3/c1-3-19-10(18)7-5(2)13-15-8(7)12-9(17)6-4-11-16-14-6/h4H,3H2,1-2H3,(H,11,14,16)(H2,12,13,15,17). The molecule has 1 amide bonds. The number of carbonyl (C=O) groups excluding carboxylic acids is 2. The number of amides is 1. The first kappa shape index (κ1) is 12.7. The maximum atomic E-state index is 11.8. The first-order chi connectivity index (χ1) is 9.13. The molecular weight excluding hydrogens is 252 g/mol. The smallest absolute Gasteiger partial charge is 0.343 e. The van der Waals surface area contributed by atoms with Crippen LogP contribution in [0.4, 0.5) is 5.82 Å². The molecule has 0 bridgehead atoms. The van der Waals surface area contributed by atoms with E-state index in [1.54, 1.807) is 13.8 Å². The van der Waals surface area contributed by atoms with Gasteiger partial charge in [-0.2, -0.15) is 20.5 Å². The van der Waals surface area contributed by atoms with Crippen molar-refractivity contribution in [2.24, 2.45) is 0 Å². The zero-order valence-electron chi connectivity index (χ0n) is 10.4. The van der Waals surface area contributed by atoms with Gasteiger partial charge >= 0.3 is 5.97 Å². The van der Waals surface area contributed by atoms with Gasteiger partial charge in [0, 0.05) is 5.69 Å². The average Bonchev–Trinajstić information content (AvgIpc) is 2.99. The number of nitrogens with one attached hydrogen (secondary N) is 3. The van der Waals surface area contributed by atoms with E-state index >= 15 is 0 Å². The van der Waals surface area contributed by atoms with Crippen molar-refractivity contribution in [2.45, 2.75) is 13.8 Å². The molecule has 0 aliphatic rings. The zero-order chi connectivity index (χ0) is 13.8. The van der Waals surface area contributed by atoms with Gasteiger partial charge in [-0.15, -0.1) is 0 Å². The number of H-pyrrole nitrogens is 2. The Morgan fingerprint density at radius 1 is 1.42 bits per heavy atom. The second-order valence-corrected chi connectivity index (χ2v) is 3.60. The molecule has 100 valence electrons. The summed E-state index contributed by atoms with van der Waals surface area (Å²) in [6.45, 7) is 3.59. The van der Waals surface area contributed by atoms with Gasteiger partial charge in [0.25, 0.3) is 5.91 Å². The van der Waals surface area contributed by atoms with Crippen LogP contribution in [-0.2, 0) is 4.74 Å². The highest BCUT2D eigenvalue weighted by Gasteiger charge is 2.21. The Kier molecular flexibility index (Phi) is 3.55. The lowest BCUT2D eigenvalue weighted by molar-refractivity contribution is 0.0527. The van der Waals surface area contributed by atoms with Gasteiger partial charge in [0.05, 0.1) is 12.8 Å². The Hall–Kier alpha value is -2.71. The third-order valence-electron chi connectivity index (χ3n) is 2.31. The van der Waals surface area contributed by atoms with Gasteiger partial charge in [-0.05, 0) is 13.8 Å². The van der Waals surface area contributed by atoms with E-state index in [1.807, 2.05) is 0 Å². The quantitative estimate of drug-likeness (QED) is 0.680. The lowest BCUT2D eigenvalue weighted by Crippen LogP contribution is -2.16. The maximum Gasteiger partial charge on any atom is 0.343 e. The van der Waals surface area contributed by atoms with E-state index in [2.05, 4.69) is 30.9 Å². The third-order valence-corrected chi connectivity index (χ3v) is 2.31. The highest BCUT2D eigenvalue weighted by molar-refractivity contribution is 6.06. The van der Waals surface area contributed by atoms with Crippen LogP contribution in [0.3, 0.4) is 0 Å². The van der Waals surface area contributed by atoms with Crippen LogP contribution < -0.4 is 5.32 Å². The van der Waals surface area contributed by atoms with E-state index in [0.717, 1.165) is 0 Å². The Bertz CT molecular complexity index is 588. The van der Waals surface area contributed by atoms with Crippen molar-refractivity contribution in [3.8, 4) is 0 Å². The molecule has 9 nitrogen and oxygen atoms in total. The normalized spacial score (nSPS) is 10.2. The van der Waals surface area contributed by atoms with Crippen molar-refractivity contribution in [3.63, 3.8) is 0 Å². The van der Waals surface area contributed by atoms with Crippen LogP contribution in [0.1, 0.15) is 33.5 Å². The van der Waals surface area contributed by atoms with Crippen molar-refractivity contribution in [1.29, 1.82) is 0 Å². The molecule has 0 aliphatic carbocycles. The molecule has 2 rings (SSSR count). The Morgan fingerprint density at radius 2 is 2.21 bits per heavy atom. The highest BCUT2D eigenvalue weighted by atomic mass is 16.5. The van der Waals surface area contributed by atoms with Gasteiger partial charge in [0.2, 0.25) is 0 Å². The molecule has 0 aliphatic heterocycles. The summed E-state index contributed by atoms with van der Waals surface area (Å²) in [7, 11) is 0. The fourth-order valence-electron chi connectivity index (χ4n) is 1.46. The van der Waals surface area contributed by atoms with Gasteiger partial charge in [-0.25, -0.2) is 4.79 Å². The molecule has 0 spiro atoms. The molecule has 0 fully saturated rings. The summed E-state index contributed by atoms with van der Waals surface area (Å²) in [5.74, 6) is -0.973. The molecule has 0 atom stereocenters. The van der Waals surface area contributed by atoms with Crippen LogP contribution in [0, 0.1) is 6.92 Å². The number of nitrogens with zero attached hydrogens (tertiary/aromatic N) is 3. The number of carbonyl (C=O) groups is 2. The molecule has 2 heterocycles. The number of aromatic amines is 2. The van der Waals surface area contributed by atoms with E-state index in [4.69, 9.17) is 4.74 Å². The van der Waals surface area contributed by atoms with Gasteiger partial charge in [-0.3, -0.25) is 9.89 Å². The number of esters is 1. The molecule has 0 aromatic carbocycles. The largest absolute Gasteiger partial charge is 0.462 e. The Morgan fingerprint density at radius 3 is 2.84 bits per heavy atom. The molecular formula is C10H12N6O3. The van der Waals surface area contributed by atoms with Crippen molar-refractivity contribution < 1.29 is 14.3 Å². The second-order valence-electron chi connectivity index (χ2n) is 3.60. The molecule has 19 heavy (non-hydrogen) atoms. The first-order valence-corrected chi connectivity index (χ1v) is 5.52. The molecule has 0 radical (unpaired) electrons. The fourth-order valence-corrected chi connectivity index (χ4v) is 1.46. The monoisotopic (exact) mass is 264 g/mol. The van der Waals surface area contributed by atoms with Gasteiger partial charge in [0.15, 0.2) is 11.5 Å². The zero-order valence-corrected chi connectivity index (χ0v) is 10.4. The van der Waals surface area contributed by atoms with E-state index in [1.165, 1.54) is 6.20 Å². The van der Waals surface area contributed by atoms with Crippen LogP contribution in [0.2, 0.25) is 0 Å². The molecule has 0 unspecified atom stereocenters. The lowest BCUT2D eigenvalue weighted by atomic mass is 10.2. The predicted molar refractivity (Wildman–Crippen MR) is 63.6 cm³/mol. The van der Waals surface area contributed by atoms with Crippen molar-refractivity contribution in [1.82, 2.24) is 25.6 Å². The van der Waals surface area contributed by atoms with Crippen LogP contribution >= 0.6 is 0 Å². The molecule has 3 N–H and O–H groups in total. The predicted octanol–water partition coefficient (Wildman–Crippen LogP) is 0.265. The van der Waals surface area contributed by atoms with Crippen LogP contribution in [0.15, 0.2) is 6.20 Å². The summed E-state index contributed by atoms with van der Waals surface area (Å²) in [5, 5.41) is 18.4. The summed E-state index contributed by atoms with van der Waals surface area (Å²) in [6.07, 6.45) is 1.26. The Balaban J connectivity index is 2.21. The van der Waals surface area contributed by atoms with Gasteiger partial charge < -0.3 is 10.1 Å². The van der Waals surface area contributed by atoms with E-state index in [-0.39, 0.29) is 23.7 Å². The van der Waals surface area contributed by atoms with Crippen LogP contribution in [-0.4, -0.2) is 44.1 Å². The summed E-state index contributed by atoms with van der Waals surface area (Å²) >= 11 is 0. The van der Waals surface area contributed by atoms with E-state index in [9.17, 15) is 9.59 Å². The highest BCUT2D eigenvalue weighted by Crippen LogP contribution is 2.17. The van der Waals surface area contributed by atoms with Crippen molar-refractivity contribution in [3.05, 3.63) is 23.1 Å². The number of aromatic nitrogens is 5. The molecule has 0 saturated carbocycles. The topological polar surface area (TPSA) is 126 Å². The SMILES string of the molecule is CCOC(=O)c1c(NC(=O)c2cn[nH]n2)n[nH]c1C. The molecule has 2 aromatic rings. The second kappa shape index (κ2) is 5.29. The number of hydrogen-bond acceptors (Lipinski definition) is 6. The molecule has 9 heteroatoms. The number of anilines is 1. The van der Waals surface area contributed by atoms with E-state index < -0.39 is 11.9 Å². The summed E-state index contributed by atoms with van der Waals surface area (Å²) < 4.78 is 4.90. The maximum absolute atomic E-state index is 11.8. The van der Waals surface area contributed by atoms with Crippen molar-refractivity contribution >= 4 is 17.7 Å². The summed E-state index contributed by atoms with van der Waals surface area (Å²) in [4.78, 5) is 23.5. The minimum atomic E-state index is -0.552. The first-order valence-electron chi connectivity index (χ1n) is 5.52. The summed E-state index contributed by atoms with van der Waals surface area (Å²) in [5.41, 5.74) is 0.794. The van der Waals surface area contributed by atoms with Crippen LogP contribution in [0.25, 0.3) is 0 Å². The lowest BCUT2D eigenvalue weighted by Gasteiger charge is -2.04. The van der Waals surface area contributed by atoms with Gasteiger partial charge in [0.1, 0.15) is 5.56 Å². The number of aryl methyl sites for hydroxylation is 1. The van der Waals surface area contributed by atoms with Crippen molar-refractivity contribution in [2.75, 3.05) is 11.9 Å². The van der Waals surface area contributed by atoms with Crippen LogP contribution in [0.5, 0.6) is 0 Å². The number of rotatable bonds is 4. The minimum absolute atomic E-state index is 0.0930. The number of ether oxygens (including phenoxy) is 1. The molecule has 0 saturated heterocycles. The number of hydrogen-bond donors (Lipinski definition) is 3. The summed E-state index contributed by atoms with van der Waals surface area (Å²) in [6, 6.07) is 0. The van der Waals surface area contributed by atoms with E-state index in [0.29, 0.717) is 5.69 Å². The molecule has 2 aromatic heterocycles. The van der Waals surface area contributed by atoms with Gasteiger partial charge in [-0.1, -0.05) is 0 Å². The fraction of sp³-hybridized carbons (Fsp3) is 0.300. The third kappa shape index (κ3) is 2.59. The minimum Gasteiger partial charge on any atom is -0.462 e. The average molecular weight is 264 g/mol.